The number of ketones is 1. The van der Waals surface area contributed by atoms with Crippen LogP contribution in [0.15, 0.2) is 65.7 Å². The number of aryl methyl sites for hydroxylation is 1. The number of rotatable bonds is 10. The van der Waals surface area contributed by atoms with E-state index >= 15 is 0 Å². The van der Waals surface area contributed by atoms with Crippen molar-refractivity contribution in [2.45, 2.75) is 71.8 Å². The van der Waals surface area contributed by atoms with Crippen LogP contribution in [0.25, 0.3) is 22.0 Å². The van der Waals surface area contributed by atoms with Crippen LogP contribution in [-0.4, -0.2) is 45.1 Å². The van der Waals surface area contributed by atoms with Crippen LogP contribution in [0.2, 0.25) is 0 Å². The van der Waals surface area contributed by atoms with E-state index in [1.807, 2.05) is 64.2 Å². The molecule has 1 atom stereocenters. The van der Waals surface area contributed by atoms with E-state index in [1.165, 1.54) is 0 Å². The molecular weight excluding hydrogens is 582 g/mol. The topological polar surface area (TPSA) is 146 Å². The molecule has 2 heterocycles. The van der Waals surface area contributed by atoms with Crippen LogP contribution in [0.3, 0.4) is 0 Å². The van der Waals surface area contributed by atoms with Gasteiger partial charge in [0.1, 0.15) is 11.4 Å². The number of amides is 2. The lowest BCUT2D eigenvalue weighted by molar-refractivity contribution is -0.129. The van der Waals surface area contributed by atoms with Crippen LogP contribution in [0.5, 0.6) is 0 Å². The number of nitrogens with zero attached hydrogens (tertiary/aromatic N) is 1. The molecule has 1 fully saturated rings. The highest BCUT2D eigenvalue weighted by molar-refractivity contribution is 5.97. The highest BCUT2D eigenvalue weighted by atomic mass is 16.6. The number of alkyl carbamates (subject to hydrolysis) is 1. The summed E-state index contributed by atoms with van der Waals surface area (Å²) in [5.41, 5.74) is 4.57. The normalized spacial score (nSPS) is 17.3. The minimum atomic E-state index is -0.575. The first-order valence-corrected chi connectivity index (χ1v) is 16.0. The molecule has 46 heavy (non-hydrogen) atoms. The molecule has 0 radical (unpaired) electrons. The molecule has 2 amide bonds. The van der Waals surface area contributed by atoms with Crippen molar-refractivity contribution in [3.05, 3.63) is 82.4 Å². The summed E-state index contributed by atoms with van der Waals surface area (Å²) in [5, 5.41) is 11.7. The zero-order valence-corrected chi connectivity index (χ0v) is 26.9. The standard InChI is InChI=1S/C36H43N5O5/c1-22-20-37-16-15-29(22)25-9-5-23(6-10-25)17-27(33(43)39-28-13-14-30-31(19-28)40-41-34(30)44)18-32(42)26-11-7-24(8-12-26)21-38-35(45)46-36(2,3)4/h5-6,9-10,13-16,19-20,24,26-27H,7-8,11-12,17-18,21H2,1-4H3,(H,38,45)(H,39,43)(H2,40,41,44)/t24?,26?,27-/m1/s1. The number of aromatic amines is 2. The van der Waals surface area contributed by atoms with Crippen molar-refractivity contribution in [1.29, 1.82) is 0 Å². The number of pyridine rings is 1. The van der Waals surface area contributed by atoms with E-state index in [-0.39, 0.29) is 35.5 Å². The van der Waals surface area contributed by atoms with E-state index in [9.17, 15) is 19.2 Å². The van der Waals surface area contributed by atoms with Gasteiger partial charge in [-0.1, -0.05) is 24.3 Å². The third-order valence-electron chi connectivity index (χ3n) is 8.66. The molecular formula is C36H43N5O5. The number of carbonyl (C=O) groups excluding carboxylic acids is 3. The van der Waals surface area contributed by atoms with E-state index in [2.05, 4.69) is 25.8 Å². The summed E-state index contributed by atoms with van der Waals surface area (Å²) < 4.78 is 5.34. The first-order valence-electron chi connectivity index (χ1n) is 16.0. The lowest BCUT2D eigenvalue weighted by Gasteiger charge is -2.29. The number of anilines is 1. The summed E-state index contributed by atoms with van der Waals surface area (Å²) in [4.78, 5) is 55.5. The number of aromatic nitrogens is 3. The van der Waals surface area contributed by atoms with Gasteiger partial charge in [-0.05, 0) is 112 Å². The molecule has 1 saturated carbocycles. The molecule has 242 valence electrons. The molecule has 4 aromatic rings. The maximum atomic E-state index is 13.7. The smallest absolute Gasteiger partial charge is 0.407 e. The molecule has 0 spiro atoms. The second-order valence-corrected chi connectivity index (χ2v) is 13.4. The van der Waals surface area contributed by atoms with Crippen LogP contribution < -0.4 is 16.2 Å². The number of ether oxygens (including phenoxy) is 1. The fraction of sp³-hybridized carbons (Fsp3) is 0.417. The fourth-order valence-electron chi connectivity index (χ4n) is 6.16. The Labute approximate surface area is 268 Å². The SMILES string of the molecule is Cc1cnccc1-c1ccc(C[C@H](CC(=O)C2CCC(CNC(=O)OC(C)(C)C)CC2)C(=O)Nc2ccc3c(=O)[nH][nH]c3c2)cc1. The van der Waals surface area contributed by atoms with Gasteiger partial charge in [-0.25, -0.2) is 4.79 Å². The summed E-state index contributed by atoms with van der Waals surface area (Å²) in [6.07, 6.45) is 6.83. The number of fused-ring (bicyclic) bond motifs is 1. The molecule has 1 aliphatic carbocycles. The third-order valence-corrected chi connectivity index (χ3v) is 8.66. The van der Waals surface area contributed by atoms with E-state index in [1.54, 1.807) is 24.4 Å². The Morgan fingerprint density at radius 1 is 1.00 bits per heavy atom. The molecule has 0 bridgehead atoms. The second-order valence-electron chi connectivity index (χ2n) is 13.4. The molecule has 0 unspecified atom stereocenters. The average Bonchev–Trinajstić information content (AvgIpc) is 3.39. The highest BCUT2D eigenvalue weighted by Crippen LogP contribution is 2.32. The molecule has 10 nitrogen and oxygen atoms in total. The summed E-state index contributed by atoms with van der Waals surface area (Å²) >= 11 is 0. The Morgan fingerprint density at radius 3 is 2.43 bits per heavy atom. The average molecular weight is 626 g/mol. The minimum absolute atomic E-state index is 0.0909. The molecule has 2 aromatic heterocycles. The number of hydrogen-bond donors (Lipinski definition) is 4. The third kappa shape index (κ3) is 8.50. The van der Waals surface area contributed by atoms with E-state index in [0.29, 0.717) is 29.6 Å². The molecule has 4 N–H and O–H groups in total. The maximum Gasteiger partial charge on any atom is 0.407 e. The highest BCUT2D eigenvalue weighted by Gasteiger charge is 2.31. The number of benzene rings is 2. The zero-order valence-electron chi connectivity index (χ0n) is 26.9. The van der Waals surface area contributed by atoms with Gasteiger partial charge in [-0.3, -0.25) is 29.6 Å². The van der Waals surface area contributed by atoms with Gasteiger partial charge in [0.15, 0.2) is 0 Å². The Bertz CT molecular complexity index is 1740. The second kappa shape index (κ2) is 14.1. The summed E-state index contributed by atoms with van der Waals surface area (Å²) in [7, 11) is 0. The first-order chi connectivity index (χ1) is 21.9. The largest absolute Gasteiger partial charge is 0.444 e. The quantitative estimate of drug-likeness (QED) is 0.162. The predicted molar refractivity (Wildman–Crippen MR) is 178 cm³/mol. The van der Waals surface area contributed by atoms with Crippen LogP contribution in [0.4, 0.5) is 10.5 Å². The zero-order chi connectivity index (χ0) is 32.8. The predicted octanol–water partition coefficient (Wildman–Crippen LogP) is 6.31. The van der Waals surface area contributed by atoms with Crippen molar-refractivity contribution in [1.82, 2.24) is 20.5 Å². The van der Waals surface area contributed by atoms with Crippen LogP contribution in [0.1, 0.15) is 64.0 Å². The monoisotopic (exact) mass is 625 g/mol. The van der Waals surface area contributed by atoms with Gasteiger partial charge in [0.05, 0.1) is 10.9 Å². The summed E-state index contributed by atoms with van der Waals surface area (Å²) in [5.74, 6) is -0.559. The van der Waals surface area contributed by atoms with Crippen molar-refractivity contribution in [3.8, 4) is 11.1 Å². The van der Waals surface area contributed by atoms with Gasteiger partial charge < -0.3 is 15.4 Å². The lowest BCUT2D eigenvalue weighted by Crippen LogP contribution is -2.37. The number of nitrogens with one attached hydrogen (secondary N) is 4. The van der Waals surface area contributed by atoms with E-state index in [4.69, 9.17) is 4.74 Å². The molecule has 10 heteroatoms. The Morgan fingerprint density at radius 2 is 1.74 bits per heavy atom. The van der Waals surface area contributed by atoms with Gasteiger partial charge in [0.2, 0.25) is 5.91 Å². The van der Waals surface area contributed by atoms with Gasteiger partial charge >= 0.3 is 6.09 Å². The van der Waals surface area contributed by atoms with Crippen LogP contribution >= 0.6 is 0 Å². The van der Waals surface area contributed by atoms with E-state index < -0.39 is 17.6 Å². The van der Waals surface area contributed by atoms with Gasteiger partial charge in [-0.2, -0.15) is 0 Å². The van der Waals surface area contributed by atoms with Gasteiger partial charge in [0.25, 0.3) is 5.56 Å². The Hall–Kier alpha value is -4.73. The summed E-state index contributed by atoms with van der Waals surface area (Å²) in [6.45, 7) is 8.04. The van der Waals surface area contributed by atoms with E-state index in [0.717, 1.165) is 47.9 Å². The van der Waals surface area contributed by atoms with Crippen LogP contribution in [-0.2, 0) is 20.7 Å². The van der Waals surface area contributed by atoms with Crippen molar-refractivity contribution in [3.63, 3.8) is 0 Å². The maximum absolute atomic E-state index is 13.7. The number of hydrogen-bond acceptors (Lipinski definition) is 6. The summed E-state index contributed by atoms with van der Waals surface area (Å²) in [6, 6.07) is 15.2. The van der Waals surface area contributed by atoms with Gasteiger partial charge in [0, 0.05) is 42.9 Å². The van der Waals surface area contributed by atoms with Crippen molar-refractivity contribution in [2.24, 2.45) is 17.8 Å². The number of carbonyl (C=O) groups is 3. The van der Waals surface area contributed by atoms with Crippen molar-refractivity contribution in [2.75, 3.05) is 11.9 Å². The molecule has 2 aromatic carbocycles. The first kappa shape index (κ1) is 32.7. The molecule has 5 rings (SSSR count). The lowest BCUT2D eigenvalue weighted by atomic mass is 9.77. The number of H-pyrrole nitrogens is 2. The van der Waals surface area contributed by atoms with Gasteiger partial charge in [-0.15, -0.1) is 0 Å². The minimum Gasteiger partial charge on any atom is -0.444 e. The molecule has 0 saturated heterocycles. The molecule has 1 aliphatic rings. The Kier molecular flexibility index (Phi) is 10.0. The Balaban J connectivity index is 1.25. The van der Waals surface area contributed by atoms with Crippen LogP contribution in [0, 0.1) is 24.7 Å². The van der Waals surface area contributed by atoms with Crippen molar-refractivity contribution >= 4 is 34.4 Å². The number of Topliss-reactive ketones (excluding diaryl/α,β-unsaturated/α-hetero) is 1. The fourth-order valence-corrected chi connectivity index (χ4v) is 6.16. The molecule has 0 aliphatic heterocycles. The van der Waals surface area contributed by atoms with Crippen molar-refractivity contribution < 1.29 is 19.1 Å².